The second kappa shape index (κ2) is 6.19. The summed E-state index contributed by atoms with van der Waals surface area (Å²) in [5.74, 6) is 1.75. The molecule has 0 spiro atoms. The molecule has 2 aromatic rings. The number of hydrogen-bond acceptors (Lipinski definition) is 3. The highest BCUT2D eigenvalue weighted by molar-refractivity contribution is 5.77. The standard InChI is InChI=1S/C20H21NO3/c1-21(17-9-8-15-4-2-3-5-16(15)17)20(22)11-7-14-6-10-18-19(12-14)24-13-23-18/h2-6,10,12,17H,7-9,11,13H2,1H3/t17-/m0/s1. The van der Waals surface area contributed by atoms with Gasteiger partial charge in [0.25, 0.3) is 0 Å². The van der Waals surface area contributed by atoms with E-state index < -0.39 is 0 Å². The van der Waals surface area contributed by atoms with Gasteiger partial charge in [-0.3, -0.25) is 4.79 Å². The highest BCUT2D eigenvalue weighted by atomic mass is 16.7. The van der Waals surface area contributed by atoms with Gasteiger partial charge in [-0.15, -0.1) is 0 Å². The fourth-order valence-electron chi connectivity index (χ4n) is 3.63. The molecule has 1 amide bonds. The van der Waals surface area contributed by atoms with E-state index in [0.717, 1.165) is 29.9 Å². The normalized spacial score (nSPS) is 17.6. The van der Waals surface area contributed by atoms with E-state index >= 15 is 0 Å². The quantitative estimate of drug-likeness (QED) is 0.864. The average Bonchev–Trinajstić information content (AvgIpc) is 3.25. The van der Waals surface area contributed by atoms with Crippen LogP contribution in [0.15, 0.2) is 42.5 Å². The average molecular weight is 323 g/mol. The molecule has 2 aromatic carbocycles. The van der Waals surface area contributed by atoms with Gasteiger partial charge < -0.3 is 14.4 Å². The molecule has 1 aliphatic heterocycles. The van der Waals surface area contributed by atoms with Crippen LogP contribution in [0.4, 0.5) is 0 Å². The summed E-state index contributed by atoms with van der Waals surface area (Å²) in [7, 11) is 1.93. The molecule has 1 atom stereocenters. The van der Waals surface area contributed by atoms with Gasteiger partial charge in [0.2, 0.25) is 12.7 Å². The molecule has 0 saturated heterocycles. The fourth-order valence-corrected chi connectivity index (χ4v) is 3.63. The van der Waals surface area contributed by atoms with Gasteiger partial charge in [-0.05, 0) is 48.1 Å². The molecule has 2 aliphatic rings. The lowest BCUT2D eigenvalue weighted by molar-refractivity contribution is -0.132. The third kappa shape index (κ3) is 2.73. The van der Waals surface area contributed by atoms with Crippen LogP contribution in [0, 0.1) is 0 Å². The number of carbonyl (C=O) groups excluding carboxylic acids is 1. The molecule has 0 N–H and O–H groups in total. The molecule has 4 nitrogen and oxygen atoms in total. The number of nitrogens with zero attached hydrogens (tertiary/aromatic N) is 1. The summed E-state index contributed by atoms with van der Waals surface area (Å²) in [5.41, 5.74) is 3.78. The van der Waals surface area contributed by atoms with Crippen LogP contribution in [0.2, 0.25) is 0 Å². The van der Waals surface area contributed by atoms with Crippen molar-refractivity contribution in [3.63, 3.8) is 0 Å². The van der Waals surface area contributed by atoms with Crippen molar-refractivity contribution in [2.75, 3.05) is 13.8 Å². The van der Waals surface area contributed by atoms with Crippen molar-refractivity contribution in [3.8, 4) is 11.5 Å². The maximum atomic E-state index is 12.6. The van der Waals surface area contributed by atoms with Crippen molar-refractivity contribution in [1.29, 1.82) is 0 Å². The first-order valence-corrected chi connectivity index (χ1v) is 8.44. The number of rotatable bonds is 4. The van der Waals surface area contributed by atoms with Crippen LogP contribution in [-0.4, -0.2) is 24.6 Å². The van der Waals surface area contributed by atoms with Gasteiger partial charge >= 0.3 is 0 Å². The van der Waals surface area contributed by atoms with Crippen LogP contribution in [0.25, 0.3) is 0 Å². The van der Waals surface area contributed by atoms with E-state index in [9.17, 15) is 4.79 Å². The van der Waals surface area contributed by atoms with Crippen LogP contribution in [0.5, 0.6) is 11.5 Å². The van der Waals surface area contributed by atoms with Crippen LogP contribution in [0.3, 0.4) is 0 Å². The molecule has 4 heteroatoms. The zero-order chi connectivity index (χ0) is 16.5. The fraction of sp³-hybridized carbons (Fsp3) is 0.350. The minimum Gasteiger partial charge on any atom is -0.454 e. The lowest BCUT2D eigenvalue weighted by Gasteiger charge is -2.25. The Balaban J connectivity index is 1.40. The molecule has 1 heterocycles. The Morgan fingerprint density at radius 3 is 2.92 bits per heavy atom. The Morgan fingerprint density at radius 2 is 2.00 bits per heavy atom. The number of carbonyl (C=O) groups is 1. The van der Waals surface area contributed by atoms with Gasteiger partial charge in [-0.2, -0.15) is 0 Å². The van der Waals surface area contributed by atoms with Crippen LogP contribution in [-0.2, 0) is 17.6 Å². The summed E-state index contributed by atoms with van der Waals surface area (Å²) in [6.07, 6.45) is 3.30. The van der Waals surface area contributed by atoms with Crippen LogP contribution in [0.1, 0.15) is 35.6 Å². The van der Waals surface area contributed by atoms with E-state index in [4.69, 9.17) is 9.47 Å². The Labute approximate surface area is 142 Å². The minimum atomic E-state index is 0.189. The van der Waals surface area contributed by atoms with E-state index in [1.807, 2.05) is 30.1 Å². The monoisotopic (exact) mass is 323 g/mol. The first-order chi connectivity index (χ1) is 11.7. The summed E-state index contributed by atoms with van der Waals surface area (Å²) in [6.45, 7) is 0.279. The molecule has 0 radical (unpaired) electrons. The van der Waals surface area contributed by atoms with Crippen molar-refractivity contribution in [2.45, 2.75) is 31.7 Å². The van der Waals surface area contributed by atoms with Crippen molar-refractivity contribution >= 4 is 5.91 Å². The molecular weight excluding hydrogens is 302 g/mol. The Bertz CT molecular complexity index is 771. The lowest BCUT2D eigenvalue weighted by atomic mass is 10.1. The Hall–Kier alpha value is -2.49. The summed E-state index contributed by atoms with van der Waals surface area (Å²) in [6, 6.07) is 14.6. The Morgan fingerprint density at radius 1 is 1.17 bits per heavy atom. The molecule has 0 unspecified atom stereocenters. The predicted molar refractivity (Wildman–Crippen MR) is 91.2 cm³/mol. The van der Waals surface area contributed by atoms with Gasteiger partial charge in [0.1, 0.15) is 0 Å². The van der Waals surface area contributed by atoms with Gasteiger partial charge in [0, 0.05) is 13.5 Å². The molecule has 24 heavy (non-hydrogen) atoms. The van der Waals surface area contributed by atoms with Gasteiger partial charge in [-0.25, -0.2) is 0 Å². The van der Waals surface area contributed by atoms with Crippen molar-refractivity contribution in [3.05, 3.63) is 59.2 Å². The number of benzene rings is 2. The lowest BCUT2D eigenvalue weighted by Crippen LogP contribution is -2.30. The highest BCUT2D eigenvalue weighted by Crippen LogP contribution is 2.35. The molecule has 0 fully saturated rings. The van der Waals surface area contributed by atoms with Crippen molar-refractivity contribution < 1.29 is 14.3 Å². The van der Waals surface area contributed by atoms with Gasteiger partial charge in [0.05, 0.1) is 6.04 Å². The largest absolute Gasteiger partial charge is 0.454 e. The van der Waals surface area contributed by atoms with E-state index in [-0.39, 0.29) is 18.7 Å². The summed E-state index contributed by atoms with van der Waals surface area (Å²) in [4.78, 5) is 14.5. The smallest absolute Gasteiger partial charge is 0.231 e. The van der Waals surface area contributed by atoms with Crippen molar-refractivity contribution in [1.82, 2.24) is 4.90 Å². The zero-order valence-electron chi connectivity index (χ0n) is 13.8. The molecule has 0 bridgehead atoms. The second-order valence-corrected chi connectivity index (χ2v) is 6.45. The zero-order valence-corrected chi connectivity index (χ0v) is 13.8. The molecule has 124 valence electrons. The third-order valence-corrected chi connectivity index (χ3v) is 5.03. The summed E-state index contributed by atoms with van der Waals surface area (Å²) < 4.78 is 10.7. The predicted octanol–water partition coefficient (Wildman–Crippen LogP) is 3.49. The van der Waals surface area contributed by atoms with Crippen LogP contribution >= 0.6 is 0 Å². The maximum absolute atomic E-state index is 12.6. The molecular formula is C20H21NO3. The van der Waals surface area contributed by atoms with E-state index in [0.29, 0.717) is 12.8 Å². The number of aryl methyl sites for hydroxylation is 2. The van der Waals surface area contributed by atoms with E-state index in [1.165, 1.54) is 11.1 Å². The summed E-state index contributed by atoms with van der Waals surface area (Å²) in [5, 5.41) is 0. The topological polar surface area (TPSA) is 38.8 Å². The number of amides is 1. The number of ether oxygens (including phenoxy) is 2. The SMILES string of the molecule is CN(C(=O)CCc1ccc2c(c1)OCO2)[C@H]1CCc2ccccc21. The van der Waals surface area contributed by atoms with E-state index in [1.54, 1.807) is 0 Å². The first kappa shape index (κ1) is 15.1. The van der Waals surface area contributed by atoms with Gasteiger partial charge in [0.15, 0.2) is 11.5 Å². The first-order valence-electron chi connectivity index (χ1n) is 8.44. The summed E-state index contributed by atoms with van der Waals surface area (Å²) >= 11 is 0. The third-order valence-electron chi connectivity index (χ3n) is 5.03. The number of hydrogen-bond donors (Lipinski definition) is 0. The molecule has 0 aromatic heterocycles. The number of fused-ring (bicyclic) bond motifs is 2. The molecule has 1 aliphatic carbocycles. The van der Waals surface area contributed by atoms with Crippen molar-refractivity contribution in [2.24, 2.45) is 0 Å². The Kier molecular flexibility index (Phi) is 3.89. The van der Waals surface area contributed by atoms with Crippen LogP contribution < -0.4 is 9.47 Å². The minimum absolute atomic E-state index is 0.189. The second-order valence-electron chi connectivity index (χ2n) is 6.45. The molecule has 0 saturated carbocycles. The van der Waals surface area contributed by atoms with Gasteiger partial charge in [-0.1, -0.05) is 30.3 Å². The molecule has 4 rings (SSSR count). The van der Waals surface area contributed by atoms with E-state index in [2.05, 4.69) is 24.3 Å². The highest BCUT2D eigenvalue weighted by Gasteiger charge is 2.28. The maximum Gasteiger partial charge on any atom is 0.231 e.